The Balaban J connectivity index is 0.00000245. The van der Waals surface area contributed by atoms with E-state index in [1.54, 1.807) is 0 Å². The summed E-state index contributed by atoms with van der Waals surface area (Å²) in [4.78, 5) is 28.7. The molecule has 0 radical (unpaired) electrons. The average Bonchev–Trinajstić information content (AvgIpc) is 3.51. The fraction of sp³-hybridized carbons (Fsp3) is 0.611. The standard InChI is InChI=1S/C34H44ClFN6O3.C2H6/c1-4-8-29-31(23(2)12-13-25-9-5-6-11-30(25)35)38-34(45-22-27-10-7-16-41(27)28-20-44-21-28)39-32(29)40-17-18-42(33(43)24(3)36)26(19-40)14-15-37;1-2/h5-6,9,11,23,26-28H,3-4,7-8,10,12-14,16-22H2,1-2H3;1-2H3. The summed E-state index contributed by atoms with van der Waals surface area (Å²) in [5, 5.41) is 10.3. The quantitative estimate of drug-likeness (QED) is 0.223. The Labute approximate surface area is 284 Å². The number of nitriles is 1. The van der Waals surface area contributed by atoms with E-state index in [-0.39, 0.29) is 24.9 Å². The van der Waals surface area contributed by atoms with E-state index in [1.807, 2.05) is 32.0 Å². The molecule has 0 bridgehead atoms. The van der Waals surface area contributed by atoms with Crippen LogP contribution >= 0.6 is 11.6 Å². The summed E-state index contributed by atoms with van der Waals surface area (Å²) in [6.07, 6.45) is 5.57. The van der Waals surface area contributed by atoms with E-state index in [1.165, 1.54) is 4.90 Å². The highest BCUT2D eigenvalue weighted by Gasteiger charge is 2.36. The number of carbonyl (C=O) groups excluding carboxylic acids is 1. The number of anilines is 1. The zero-order valence-electron chi connectivity index (χ0n) is 28.4. The molecule has 3 unspecified atom stereocenters. The van der Waals surface area contributed by atoms with Gasteiger partial charge in [-0.2, -0.15) is 15.2 Å². The van der Waals surface area contributed by atoms with Crippen molar-refractivity contribution < 1.29 is 18.7 Å². The van der Waals surface area contributed by atoms with Gasteiger partial charge in [-0.3, -0.25) is 9.69 Å². The number of aromatic nitrogens is 2. The molecule has 1 aromatic heterocycles. The zero-order chi connectivity index (χ0) is 33.9. The van der Waals surface area contributed by atoms with Crippen molar-refractivity contribution in [1.29, 1.82) is 5.26 Å². The SMILES string of the molecule is C=C(F)C(=O)N1CCN(c2nc(OCC3CCCN3C3COC3)nc(C(C)CCc3ccccc3Cl)c2CCC)CC1CC#N.CC. The van der Waals surface area contributed by atoms with E-state index in [4.69, 9.17) is 31.0 Å². The average molecular weight is 669 g/mol. The summed E-state index contributed by atoms with van der Waals surface area (Å²) >= 11 is 6.49. The van der Waals surface area contributed by atoms with E-state index in [0.29, 0.717) is 31.7 Å². The highest BCUT2D eigenvalue weighted by atomic mass is 35.5. The second-order valence-electron chi connectivity index (χ2n) is 12.4. The first kappa shape index (κ1) is 36.6. The van der Waals surface area contributed by atoms with Crippen LogP contribution in [0.4, 0.5) is 10.2 Å². The predicted octanol–water partition coefficient (Wildman–Crippen LogP) is 6.50. The van der Waals surface area contributed by atoms with Gasteiger partial charge >= 0.3 is 6.01 Å². The number of rotatable bonds is 13. The number of hydrogen-bond acceptors (Lipinski definition) is 8. The molecule has 0 saturated carbocycles. The lowest BCUT2D eigenvalue weighted by atomic mass is 9.93. The van der Waals surface area contributed by atoms with Crippen molar-refractivity contribution in [2.45, 2.75) is 96.7 Å². The van der Waals surface area contributed by atoms with Gasteiger partial charge in [0.25, 0.3) is 5.91 Å². The van der Waals surface area contributed by atoms with Crippen molar-refractivity contribution in [2.24, 2.45) is 0 Å². The number of benzene rings is 1. The maximum atomic E-state index is 13.9. The molecule has 47 heavy (non-hydrogen) atoms. The molecule has 3 aliphatic rings. The monoisotopic (exact) mass is 668 g/mol. The Hall–Kier alpha value is -3.26. The molecular formula is C36H50ClFN6O3. The molecule has 9 nitrogen and oxygen atoms in total. The number of piperazine rings is 1. The summed E-state index contributed by atoms with van der Waals surface area (Å²) < 4.78 is 25.7. The van der Waals surface area contributed by atoms with Crippen LogP contribution in [-0.2, 0) is 22.4 Å². The summed E-state index contributed by atoms with van der Waals surface area (Å²) in [6.45, 7) is 15.6. The normalized spacial score (nSPS) is 20.5. The van der Waals surface area contributed by atoms with Gasteiger partial charge in [-0.05, 0) is 56.2 Å². The first-order chi connectivity index (χ1) is 22.8. The molecule has 1 aromatic carbocycles. The van der Waals surface area contributed by atoms with Gasteiger partial charge in [0.05, 0.1) is 43.5 Å². The second-order valence-corrected chi connectivity index (χ2v) is 12.8. The molecular weight excluding hydrogens is 619 g/mol. The zero-order valence-corrected chi connectivity index (χ0v) is 29.1. The maximum absolute atomic E-state index is 13.9. The minimum absolute atomic E-state index is 0.0799. The number of likely N-dealkylation sites (tertiary alicyclic amines) is 1. The van der Waals surface area contributed by atoms with Crippen LogP contribution < -0.4 is 9.64 Å². The lowest BCUT2D eigenvalue weighted by Gasteiger charge is -2.41. The minimum atomic E-state index is -1.01. The van der Waals surface area contributed by atoms with Gasteiger partial charge in [-0.25, -0.2) is 4.39 Å². The molecule has 3 atom stereocenters. The summed E-state index contributed by atoms with van der Waals surface area (Å²) in [7, 11) is 0. The molecule has 0 N–H and O–H groups in total. The summed E-state index contributed by atoms with van der Waals surface area (Å²) in [6, 6.07) is 10.7. The van der Waals surface area contributed by atoms with Crippen molar-refractivity contribution in [2.75, 3.05) is 50.9 Å². The molecule has 3 saturated heterocycles. The lowest BCUT2D eigenvalue weighted by molar-refractivity contribution is -0.131. The van der Waals surface area contributed by atoms with Crippen molar-refractivity contribution in [3.63, 3.8) is 0 Å². The van der Waals surface area contributed by atoms with Crippen LogP contribution in [0.3, 0.4) is 0 Å². The van der Waals surface area contributed by atoms with Crippen LogP contribution in [0.2, 0.25) is 5.02 Å². The minimum Gasteiger partial charge on any atom is -0.462 e. The van der Waals surface area contributed by atoms with E-state index in [0.717, 1.165) is 85.9 Å². The van der Waals surface area contributed by atoms with Gasteiger partial charge in [0.15, 0.2) is 5.83 Å². The van der Waals surface area contributed by atoms with Crippen LogP contribution in [0.1, 0.15) is 82.5 Å². The molecule has 11 heteroatoms. The van der Waals surface area contributed by atoms with Crippen LogP contribution in [0.15, 0.2) is 36.7 Å². The van der Waals surface area contributed by atoms with Gasteiger partial charge in [0.2, 0.25) is 0 Å². The molecule has 1 amide bonds. The van der Waals surface area contributed by atoms with Gasteiger partial charge in [0.1, 0.15) is 12.4 Å². The predicted molar refractivity (Wildman–Crippen MR) is 184 cm³/mol. The molecule has 0 aliphatic carbocycles. The first-order valence-corrected chi connectivity index (χ1v) is 17.6. The van der Waals surface area contributed by atoms with Crippen LogP contribution in [0.25, 0.3) is 0 Å². The van der Waals surface area contributed by atoms with Crippen molar-refractivity contribution in [3.05, 3.63) is 58.5 Å². The topological polar surface area (TPSA) is 94.8 Å². The first-order valence-electron chi connectivity index (χ1n) is 17.2. The Morgan fingerprint density at radius 1 is 1.19 bits per heavy atom. The van der Waals surface area contributed by atoms with Crippen LogP contribution in [-0.4, -0.2) is 89.8 Å². The molecule has 256 valence electrons. The van der Waals surface area contributed by atoms with E-state index in [9.17, 15) is 14.4 Å². The third-order valence-electron chi connectivity index (χ3n) is 9.29. The van der Waals surface area contributed by atoms with Crippen molar-refractivity contribution in [1.82, 2.24) is 19.8 Å². The Morgan fingerprint density at radius 2 is 1.96 bits per heavy atom. The molecule has 5 rings (SSSR count). The van der Waals surface area contributed by atoms with Gasteiger partial charge in [0, 0.05) is 36.3 Å². The van der Waals surface area contributed by atoms with E-state index < -0.39 is 17.8 Å². The number of carbonyl (C=O) groups is 1. The third kappa shape index (κ3) is 9.01. The molecule has 3 fully saturated rings. The highest BCUT2D eigenvalue weighted by molar-refractivity contribution is 6.31. The number of nitrogens with zero attached hydrogens (tertiary/aromatic N) is 6. The van der Waals surface area contributed by atoms with E-state index >= 15 is 0 Å². The molecule has 2 aromatic rings. The maximum Gasteiger partial charge on any atom is 0.318 e. The fourth-order valence-electron chi connectivity index (χ4n) is 6.76. The highest BCUT2D eigenvalue weighted by Crippen LogP contribution is 2.34. The smallest absolute Gasteiger partial charge is 0.318 e. The van der Waals surface area contributed by atoms with E-state index in [2.05, 4.69) is 42.4 Å². The summed E-state index contributed by atoms with van der Waals surface area (Å²) in [5.41, 5.74) is 3.10. The number of ether oxygens (including phenoxy) is 2. The van der Waals surface area contributed by atoms with Crippen LogP contribution in [0, 0.1) is 11.3 Å². The fourth-order valence-corrected chi connectivity index (χ4v) is 6.99. The number of amides is 1. The van der Waals surface area contributed by atoms with Crippen LogP contribution in [0.5, 0.6) is 6.01 Å². The van der Waals surface area contributed by atoms with Gasteiger partial charge in [-0.1, -0.05) is 70.5 Å². The molecule has 0 spiro atoms. The molecule has 4 heterocycles. The lowest BCUT2D eigenvalue weighted by Crippen LogP contribution is -2.55. The number of aryl methyl sites for hydroxylation is 1. The molecule has 3 aliphatic heterocycles. The largest absolute Gasteiger partial charge is 0.462 e. The van der Waals surface area contributed by atoms with Gasteiger partial charge < -0.3 is 19.3 Å². The van der Waals surface area contributed by atoms with Gasteiger partial charge in [-0.15, -0.1) is 0 Å². The Kier molecular flexibility index (Phi) is 13.8. The summed E-state index contributed by atoms with van der Waals surface area (Å²) in [5.74, 6) is -0.914. The number of hydrogen-bond donors (Lipinski definition) is 0. The second kappa shape index (κ2) is 17.8. The third-order valence-corrected chi connectivity index (χ3v) is 9.66. The number of halogens is 2. The van der Waals surface area contributed by atoms with Crippen molar-refractivity contribution >= 4 is 23.3 Å². The van der Waals surface area contributed by atoms with Crippen molar-refractivity contribution in [3.8, 4) is 12.1 Å². The Morgan fingerprint density at radius 3 is 2.62 bits per heavy atom. The Bertz CT molecular complexity index is 1400.